The quantitative estimate of drug-likeness (QED) is 0.904. The number of aromatic nitrogens is 1. The first kappa shape index (κ1) is 11.9. The first-order valence-corrected chi connectivity index (χ1v) is 5.61. The van der Waals surface area contributed by atoms with Gasteiger partial charge in [0.2, 0.25) is 5.88 Å². The number of hydrogen-bond donors (Lipinski definition) is 1. The molecule has 0 saturated heterocycles. The predicted octanol–water partition coefficient (Wildman–Crippen LogP) is 3.58. The number of ether oxygens (including phenoxy) is 1. The molecule has 0 fully saturated rings. The zero-order valence-corrected chi connectivity index (χ0v) is 10.1. The summed E-state index contributed by atoms with van der Waals surface area (Å²) in [5, 5.41) is 10.1. The Hall–Kier alpha value is -1.58. The second-order valence-corrected chi connectivity index (χ2v) is 4.01. The van der Waals surface area contributed by atoms with E-state index >= 15 is 0 Å². The van der Waals surface area contributed by atoms with Gasteiger partial charge in [0.15, 0.2) is 0 Å². The summed E-state index contributed by atoms with van der Waals surface area (Å²) in [5.74, 6) is 0.894. The second-order valence-electron chi connectivity index (χ2n) is 3.61. The molecule has 0 amide bonds. The van der Waals surface area contributed by atoms with E-state index in [0.717, 1.165) is 0 Å². The summed E-state index contributed by atoms with van der Waals surface area (Å²) in [6.07, 6.45) is 0.971. The van der Waals surface area contributed by atoms with Crippen molar-refractivity contribution < 1.29 is 9.84 Å². The third-order valence-corrected chi connectivity index (χ3v) is 2.61. The van der Waals surface area contributed by atoms with E-state index in [0.29, 0.717) is 22.2 Å². The number of aliphatic hydroxyl groups excluding tert-OH is 1. The lowest BCUT2D eigenvalue weighted by molar-refractivity contribution is 0.194. The number of para-hydroxylation sites is 1. The summed E-state index contributed by atoms with van der Waals surface area (Å²) in [6.45, 7) is 1.66. The van der Waals surface area contributed by atoms with E-state index in [9.17, 15) is 5.11 Å². The molecule has 4 heteroatoms. The minimum absolute atomic E-state index is 0.371. The van der Waals surface area contributed by atoms with Crippen LogP contribution in [-0.2, 0) is 0 Å². The van der Waals surface area contributed by atoms with Crippen LogP contribution in [0.25, 0.3) is 0 Å². The second kappa shape index (κ2) is 5.17. The maximum atomic E-state index is 9.60. The molecular weight excluding hydrogens is 238 g/mol. The average molecular weight is 250 g/mol. The molecule has 0 saturated carbocycles. The summed E-state index contributed by atoms with van der Waals surface area (Å²) in [7, 11) is 0. The highest BCUT2D eigenvalue weighted by Gasteiger charge is 2.11. The summed E-state index contributed by atoms with van der Waals surface area (Å²) >= 11 is 5.99. The van der Waals surface area contributed by atoms with E-state index in [4.69, 9.17) is 16.3 Å². The maximum absolute atomic E-state index is 9.60. The summed E-state index contributed by atoms with van der Waals surface area (Å²) in [6, 6.07) is 10.7. The maximum Gasteiger partial charge on any atom is 0.225 e. The van der Waals surface area contributed by atoms with E-state index in [1.54, 1.807) is 37.4 Å². The Morgan fingerprint density at radius 2 is 2.00 bits per heavy atom. The third kappa shape index (κ3) is 2.75. The van der Waals surface area contributed by atoms with Gasteiger partial charge in [0.25, 0.3) is 0 Å². The summed E-state index contributed by atoms with van der Waals surface area (Å²) in [5.41, 5.74) is 0.632. The van der Waals surface area contributed by atoms with Crippen LogP contribution in [-0.4, -0.2) is 10.1 Å². The molecule has 1 N–H and O–H groups in total. The lowest BCUT2D eigenvalue weighted by atomic mass is 10.2. The van der Waals surface area contributed by atoms with Gasteiger partial charge in [-0.3, -0.25) is 0 Å². The van der Waals surface area contributed by atoms with Gasteiger partial charge < -0.3 is 9.84 Å². The largest absolute Gasteiger partial charge is 0.437 e. The number of hydrogen-bond acceptors (Lipinski definition) is 3. The standard InChI is InChI=1S/C13H12ClNO2/c1-9(16)10-5-4-8-15-13(10)17-12-7-3-2-6-11(12)14/h2-9,16H,1H3/t9-/m0/s1. The van der Waals surface area contributed by atoms with Gasteiger partial charge in [-0.2, -0.15) is 0 Å². The third-order valence-electron chi connectivity index (χ3n) is 2.29. The molecular formula is C13H12ClNO2. The highest BCUT2D eigenvalue weighted by atomic mass is 35.5. The fourth-order valence-corrected chi connectivity index (χ4v) is 1.61. The van der Waals surface area contributed by atoms with Crippen LogP contribution < -0.4 is 4.74 Å². The number of aliphatic hydroxyl groups is 1. The molecule has 1 aromatic heterocycles. The smallest absolute Gasteiger partial charge is 0.225 e. The molecule has 0 aliphatic heterocycles. The molecule has 0 aliphatic carbocycles. The van der Waals surface area contributed by atoms with Crippen molar-refractivity contribution in [1.82, 2.24) is 4.98 Å². The highest BCUT2D eigenvalue weighted by Crippen LogP contribution is 2.31. The fraction of sp³-hybridized carbons (Fsp3) is 0.154. The molecule has 0 unspecified atom stereocenters. The molecule has 1 heterocycles. The van der Waals surface area contributed by atoms with Gasteiger partial charge in [0, 0.05) is 11.8 Å². The fourth-order valence-electron chi connectivity index (χ4n) is 1.44. The Kier molecular flexibility index (Phi) is 3.61. The van der Waals surface area contributed by atoms with E-state index in [1.165, 1.54) is 0 Å². The van der Waals surface area contributed by atoms with E-state index in [2.05, 4.69) is 4.98 Å². The van der Waals surface area contributed by atoms with Gasteiger partial charge in [-0.05, 0) is 31.2 Å². The van der Waals surface area contributed by atoms with Crippen LogP contribution in [0.15, 0.2) is 42.6 Å². The van der Waals surface area contributed by atoms with Crippen molar-refractivity contribution in [3.05, 3.63) is 53.2 Å². The number of halogens is 1. The van der Waals surface area contributed by atoms with Crippen molar-refractivity contribution in [1.29, 1.82) is 0 Å². The molecule has 0 spiro atoms. The minimum atomic E-state index is -0.638. The van der Waals surface area contributed by atoms with Crippen LogP contribution in [0.4, 0.5) is 0 Å². The molecule has 1 atom stereocenters. The molecule has 3 nitrogen and oxygen atoms in total. The molecule has 0 radical (unpaired) electrons. The van der Waals surface area contributed by atoms with Crippen molar-refractivity contribution in [3.63, 3.8) is 0 Å². The van der Waals surface area contributed by atoms with Crippen LogP contribution in [0.2, 0.25) is 5.02 Å². The van der Waals surface area contributed by atoms with Gasteiger partial charge in [-0.15, -0.1) is 0 Å². The predicted molar refractivity (Wildman–Crippen MR) is 66.4 cm³/mol. The Bertz CT molecular complexity index is 514. The van der Waals surface area contributed by atoms with Crippen LogP contribution >= 0.6 is 11.6 Å². The Morgan fingerprint density at radius 3 is 2.71 bits per heavy atom. The topological polar surface area (TPSA) is 42.4 Å². The average Bonchev–Trinajstić information content (AvgIpc) is 2.32. The van der Waals surface area contributed by atoms with Crippen LogP contribution in [0.5, 0.6) is 11.6 Å². The zero-order chi connectivity index (χ0) is 12.3. The van der Waals surface area contributed by atoms with Crippen LogP contribution in [0.3, 0.4) is 0 Å². The minimum Gasteiger partial charge on any atom is -0.437 e. The molecule has 88 valence electrons. The molecule has 2 rings (SSSR count). The monoisotopic (exact) mass is 249 g/mol. The Balaban J connectivity index is 2.34. The molecule has 0 bridgehead atoms. The Labute approximate surface area is 105 Å². The molecule has 0 aliphatic rings. The van der Waals surface area contributed by atoms with Gasteiger partial charge in [0.1, 0.15) is 5.75 Å². The van der Waals surface area contributed by atoms with Gasteiger partial charge >= 0.3 is 0 Å². The van der Waals surface area contributed by atoms with Crippen molar-refractivity contribution in [2.24, 2.45) is 0 Å². The Morgan fingerprint density at radius 1 is 1.24 bits per heavy atom. The lowest BCUT2D eigenvalue weighted by Crippen LogP contribution is -1.98. The normalized spacial score (nSPS) is 12.2. The zero-order valence-electron chi connectivity index (χ0n) is 9.30. The molecule has 17 heavy (non-hydrogen) atoms. The lowest BCUT2D eigenvalue weighted by Gasteiger charge is -2.12. The summed E-state index contributed by atoms with van der Waals surface area (Å²) < 4.78 is 5.60. The first-order chi connectivity index (χ1) is 8.18. The number of pyridine rings is 1. The van der Waals surface area contributed by atoms with Crippen molar-refractivity contribution in [3.8, 4) is 11.6 Å². The highest BCUT2D eigenvalue weighted by molar-refractivity contribution is 6.32. The first-order valence-electron chi connectivity index (χ1n) is 5.24. The van der Waals surface area contributed by atoms with Crippen LogP contribution in [0.1, 0.15) is 18.6 Å². The SMILES string of the molecule is C[C@H](O)c1cccnc1Oc1ccccc1Cl. The number of nitrogens with zero attached hydrogens (tertiary/aromatic N) is 1. The van der Waals surface area contributed by atoms with E-state index < -0.39 is 6.10 Å². The summed E-state index contributed by atoms with van der Waals surface area (Å²) in [4.78, 5) is 4.10. The van der Waals surface area contributed by atoms with E-state index in [1.807, 2.05) is 12.1 Å². The van der Waals surface area contributed by atoms with Crippen LogP contribution in [0, 0.1) is 0 Å². The van der Waals surface area contributed by atoms with E-state index in [-0.39, 0.29) is 0 Å². The van der Waals surface area contributed by atoms with Gasteiger partial charge in [-0.25, -0.2) is 4.98 Å². The molecule has 1 aromatic carbocycles. The molecule has 2 aromatic rings. The van der Waals surface area contributed by atoms with Crippen molar-refractivity contribution in [2.45, 2.75) is 13.0 Å². The number of rotatable bonds is 3. The number of benzene rings is 1. The van der Waals surface area contributed by atoms with Gasteiger partial charge in [-0.1, -0.05) is 23.7 Å². The van der Waals surface area contributed by atoms with Crippen molar-refractivity contribution in [2.75, 3.05) is 0 Å². The van der Waals surface area contributed by atoms with Gasteiger partial charge in [0.05, 0.1) is 11.1 Å². The van der Waals surface area contributed by atoms with Crippen molar-refractivity contribution >= 4 is 11.6 Å².